The van der Waals surface area contributed by atoms with E-state index in [2.05, 4.69) is 27.8 Å². The predicted octanol–water partition coefficient (Wildman–Crippen LogP) is 4.28. The lowest BCUT2D eigenvalue weighted by Crippen LogP contribution is -2.16. The Hall–Kier alpha value is -2.04. The van der Waals surface area contributed by atoms with Gasteiger partial charge in [0.25, 0.3) is 0 Å². The van der Waals surface area contributed by atoms with Crippen LogP contribution in [0.3, 0.4) is 0 Å². The van der Waals surface area contributed by atoms with Crippen molar-refractivity contribution in [2.24, 2.45) is 0 Å². The van der Waals surface area contributed by atoms with E-state index in [9.17, 15) is 4.39 Å². The number of hydrogen-bond acceptors (Lipinski definition) is 3. The van der Waals surface area contributed by atoms with Crippen molar-refractivity contribution in [1.29, 1.82) is 0 Å². The molecule has 0 saturated heterocycles. The van der Waals surface area contributed by atoms with Gasteiger partial charge in [-0.1, -0.05) is 42.5 Å². The van der Waals surface area contributed by atoms with Crippen molar-refractivity contribution in [2.45, 2.75) is 13.0 Å². The lowest BCUT2D eigenvalue weighted by atomic mass is 10.2. The molecular formula is C18H17FN2S. The van der Waals surface area contributed by atoms with Gasteiger partial charge in [-0.25, -0.2) is 9.37 Å². The first-order chi connectivity index (χ1) is 10.8. The predicted molar refractivity (Wildman–Crippen MR) is 89.4 cm³/mol. The van der Waals surface area contributed by atoms with Crippen LogP contribution in [-0.4, -0.2) is 11.5 Å². The number of thiazole rings is 1. The lowest BCUT2D eigenvalue weighted by molar-refractivity contribution is 0.619. The molecule has 0 atom stereocenters. The summed E-state index contributed by atoms with van der Waals surface area (Å²) in [6.07, 6.45) is 0.874. The number of nitrogens with zero attached hydrogens (tertiary/aromatic N) is 1. The highest BCUT2D eigenvalue weighted by molar-refractivity contribution is 7.13. The van der Waals surface area contributed by atoms with Crippen molar-refractivity contribution in [3.8, 4) is 10.6 Å². The fraction of sp³-hybridized carbons (Fsp3) is 0.167. The zero-order chi connectivity index (χ0) is 15.2. The molecule has 0 aliphatic heterocycles. The second-order valence-corrected chi connectivity index (χ2v) is 5.92. The Bertz CT molecular complexity index is 725. The highest BCUT2D eigenvalue weighted by Crippen LogP contribution is 2.23. The van der Waals surface area contributed by atoms with Gasteiger partial charge in [-0.15, -0.1) is 11.3 Å². The molecule has 3 rings (SSSR count). The molecule has 1 aromatic heterocycles. The van der Waals surface area contributed by atoms with E-state index in [1.54, 1.807) is 23.5 Å². The van der Waals surface area contributed by atoms with Gasteiger partial charge in [0.1, 0.15) is 10.8 Å². The number of hydrogen-bond donors (Lipinski definition) is 1. The monoisotopic (exact) mass is 312 g/mol. The Morgan fingerprint density at radius 2 is 1.91 bits per heavy atom. The summed E-state index contributed by atoms with van der Waals surface area (Å²) in [5, 5.41) is 6.48. The Morgan fingerprint density at radius 1 is 1.05 bits per heavy atom. The molecule has 0 unspecified atom stereocenters. The van der Waals surface area contributed by atoms with Crippen LogP contribution in [0.4, 0.5) is 4.39 Å². The normalized spacial score (nSPS) is 10.8. The molecule has 0 fully saturated rings. The molecule has 0 saturated carbocycles. The topological polar surface area (TPSA) is 24.9 Å². The lowest BCUT2D eigenvalue weighted by Gasteiger charge is -2.03. The number of nitrogens with one attached hydrogen (secondary N) is 1. The van der Waals surface area contributed by atoms with Crippen molar-refractivity contribution in [1.82, 2.24) is 10.3 Å². The van der Waals surface area contributed by atoms with E-state index in [4.69, 9.17) is 0 Å². The summed E-state index contributed by atoms with van der Waals surface area (Å²) in [6, 6.07) is 16.9. The Kier molecular flexibility index (Phi) is 4.93. The van der Waals surface area contributed by atoms with Crippen LogP contribution in [0, 0.1) is 5.82 Å². The summed E-state index contributed by atoms with van der Waals surface area (Å²) in [7, 11) is 0. The fourth-order valence-corrected chi connectivity index (χ4v) is 3.09. The van der Waals surface area contributed by atoms with Crippen LogP contribution in [-0.2, 0) is 13.0 Å². The van der Waals surface area contributed by atoms with Gasteiger partial charge in [0.05, 0.1) is 5.69 Å². The van der Waals surface area contributed by atoms with E-state index in [1.807, 2.05) is 24.3 Å². The average Bonchev–Trinajstić information content (AvgIpc) is 3.01. The molecule has 0 aliphatic rings. The maximum atomic E-state index is 13.1. The van der Waals surface area contributed by atoms with Crippen LogP contribution in [0.1, 0.15) is 11.3 Å². The quantitative estimate of drug-likeness (QED) is 0.687. The number of benzene rings is 2. The van der Waals surface area contributed by atoms with Crippen molar-refractivity contribution >= 4 is 11.3 Å². The Balaban J connectivity index is 1.49. The van der Waals surface area contributed by atoms with Crippen LogP contribution in [0.2, 0.25) is 0 Å². The van der Waals surface area contributed by atoms with Gasteiger partial charge in [0, 0.05) is 30.5 Å². The Labute approximate surface area is 133 Å². The number of halogens is 1. The van der Waals surface area contributed by atoms with Gasteiger partial charge in [-0.05, 0) is 17.7 Å². The number of rotatable bonds is 6. The fourth-order valence-electron chi connectivity index (χ4n) is 2.23. The minimum Gasteiger partial charge on any atom is -0.312 e. The third-order valence-corrected chi connectivity index (χ3v) is 4.29. The minimum absolute atomic E-state index is 0.189. The van der Waals surface area contributed by atoms with Crippen LogP contribution >= 0.6 is 11.3 Å². The van der Waals surface area contributed by atoms with E-state index in [0.29, 0.717) is 6.54 Å². The van der Waals surface area contributed by atoms with Gasteiger partial charge in [0.2, 0.25) is 0 Å². The molecule has 0 aliphatic carbocycles. The van der Waals surface area contributed by atoms with Crippen LogP contribution in [0.5, 0.6) is 0 Å². The van der Waals surface area contributed by atoms with E-state index < -0.39 is 0 Å². The summed E-state index contributed by atoms with van der Waals surface area (Å²) in [5.74, 6) is -0.189. The molecule has 3 aromatic rings. The highest BCUT2D eigenvalue weighted by atomic mass is 32.1. The third kappa shape index (κ3) is 4.00. The molecule has 1 heterocycles. The van der Waals surface area contributed by atoms with Crippen molar-refractivity contribution < 1.29 is 4.39 Å². The van der Waals surface area contributed by atoms with Gasteiger partial charge in [-0.3, -0.25) is 0 Å². The zero-order valence-corrected chi connectivity index (χ0v) is 12.9. The molecule has 0 radical (unpaired) electrons. The maximum absolute atomic E-state index is 13.1. The average molecular weight is 312 g/mol. The first-order valence-electron chi connectivity index (χ1n) is 7.26. The SMILES string of the molecule is Fc1cccc(CNCCc2csc(-c3ccccc3)n2)c1. The summed E-state index contributed by atoms with van der Waals surface area (Å²) >= 11 is 1.67. The zero-order valence-electron chi connectivity index (χ0n) is 12.1. The summed E-state index contributed by atoms with van der Waals surface area (Å²) in [5.41, 5.74) is 3.21. The molecule has 22 heavy (non-hydrogen) atoms. The second-order valence-electron chi connectivity index (χ2n) is 5.07. The maximum Gasteiger partial charge on any atom is 0.123 e. The van der Waals surface area contributed by atoms with Crippen LogP contribution in [0.25, 0.3) is 10.6 Å². The van der Waals surface area contributed by atoms with Gasteiger partial charge in [-0.2, -0.15) is 0 Å². The van der Waals surface area contributed by atoms with E-state index in [1.165, 1.54) is 6.07 Å². The van der Waals surface area contributed by atoms with Crippen molar-refractivity contribution in [3.63, 3.8) is 0 Å². The molecule has 0 spiro atoms. The van der Waals surface area contributed by atoms with E-state index in [-0.39, 0.29) is 5.82 Å². The second kappa shape index (κ2) is 7.29. The molecule has 0 bridgehead atoms. The molecule has 2 aromatic carbocycles. The van der Waals surface area contributed by atoms with Gasteiger partial charge >= 0.3 is 0 Å². The van der Waals surface area contributed by atoms with Crippen molar-refractivity contribution in [2.75, 3.05) is 6.54 Å². The largest absolute Gasteiger partial charge is 0.312 e. The molecule has 1 N–H and O–H groups in total. The van der Waals surface area contributed by atoms with Crippen LogP contribution < -0.4 is 5.32 Å². The molecule has 2 nitrogen and oxygen atoms in total. The molecule has 112 valence electrons. The van der Waals surface area contributed by atoms with Gasteiger partial charge < -0.3 is 5.32 Å². The van der Waals surface area contributed by atoms with Crippen LogP contribution in [0.15, 0.2) is 60.0 Å². The molecule has 4 heteroatoms. The summed E-state index contributed by atoms with van der Waals surface area (Å²) in [4.78, 5) is 4.66. The highest BCUT2D eigenvalue weighted by Gasteiger charge is 2.04. The van der Waals surface area contributed by atoms with E-state index in [0.717, 1.165) is 34.8 Å². The Morgan fingerprint density at radius 3 is 2.73 bits per heavy atom. The van der Waals surface area contributed by atoms with Crippen molar-refractivity contribution in [3.05, 3.63) is 77.1 Å². The number of aromatic nitrogens is 1. The standard InChI is InChI=1S/C18H17FN2S/c19-16-8-4-5-14(11-16)12-20-10-9-17-13-22-18(21-17)15-6-2-1-3-7-15/h1-8,11,13,20H,9-10,12H2. The van der Waals surface area contributed by atoms with E-state index >= 15 is 0 Å². The first-order valence-corrected chi connectivity index (χ1v) is 8.14. The van der Waals surface area contributed by atoms with Gasteiger partial charge in [0.15, 0.2) is 0 Å². The summed E-state index contributed by atoms with van der Waals surface area (Å²) in [6.45, 7) is 1.50. The third-order valence-electron chi connectivity index (χ3n) is 3.35. The minimum atomic E-state index is -0.189. The smallest absolute Gasteiger partial charge is 0.123 e. The summed E-state index contributed by atoms with van der Waals surface area (Å²) < 4.78 is 13.1. The first kappa shape index (κ1) is 14.9. The molecule has 0 amide bonds. The molecular weight excluding hydrogens is 295 g/mol.